The van der Waals surface area contributed by atoms with Crippen LogP contribution in [0.25, 0.3) is 0 Å². The van der Waals surface area contributed by atoms with E-state index in [0.29, 0.717) is 31.4 Å². The number of carboxylic acid groups (broad SMARTS) is 1. The Morgan fingerprint density at radius 3 is 2.27 bits per heavy atom. The van der Waals surface area contributed by atoms with Crippen molar-refractivity contribution in [1.29, 1.82) is 0 Å². The van der Waals surface area contributed by atoms with E-state index in [2.05, 4.69) is 10.6 Å². The van der Waals surface area contributed by atoms with Gasteiger partial charge in [0.05, 0.1) is 22.9 Å². The number of anilines is 2. The van der Waals surface area contributed by atoms with Crippen molar-refractivity contribution >= 4 is 23.4 Å². The number of carbonyl (C=O) groups is 2. The fraction of sp³-hybridized carbons (Fsp3) is 0.529. The van der Waals surface area contributed by atoms with E-state index in [1.807, 2.05) is 0 Å². The molecule has 0 radical (unpaired) electrons. The Balaban J connectivity index is 2.05. The van der Waals surface area contributed by atoms with Gasteiger partial charge in [0.2, 0.25) is 0 Å². The number of alkyl halides is 3. The number of amides is 2. The van der Waals surface area contributed by atoms with E-state index >= 15 is 0 Å². The molecule has 144 valence electrons. The Labute approximate surface area is 149 Å². The highest BCUT2D eigenvalue weighted by Gasteiger charge is 2.32. The summed E-state index contributed by atoms with van der Waals surface area (Å²) in [6, 6.07) is 2.36. The topological polar surface area (TPSA) is 81.7 Å². The Hall–Kier alpha value is -2.45. The van der Waals surface area contributed by atoms with E-state index in [0.717, 1.165) is 12.1 Å². The number of benzene rings is 1. The zero-order valence-corrected chi connectivity index (χ0v) is 14.6. The van der Waals surface area contributed by atoms with Crippen molar-refractivity contribution in [3.05, 3.63) is 23.8 Å². The highest BCUT2D eigenvalue weighted by atomic mass is 19.4. The first-order valence-electron chi connectivity index (χ1n) is 8.27. The number of nitrogens with zero attached hydrogens (tertiary/aromatic N) is 1. The van der Waals surface area contributed by atoms with Crippen LogP contribution >= 0.6 is 0 Å². The average Bonchev–Trinajstić information content (AvgIpc) is 2.54. The van der Waals surface area contributed by atoms with Gasteiger partial charge in [-0.3, -0.25) is 4.79 Å². The third-order valence-electron chi connectivity index (χ3n) is 4.47. The van der Waals surface area contributed by atoms with Gasteiger partial charge in [-0.05, 0) is 43.9 Å². The quantitative estimate of drug-likeness (QED) is 0.754. The smallest absolute Gasteiger partial charge is 0.416 e. The largest absolute Gasteiger partial charge is 0.481 e. The van der Waals surface area contributed by atoms with Gasteiger partial charge in [-0.1, -0.05) is 0 Å². The van der Waals surface area contributed by atoms with Gasteiger partial charge in [0, 0.05) is 20.1 Å². The normalized spacial score (nSPS) is 20.3. The van der Waals surface area contributed by atoms with E-state index < -0.39 is 29.7 Å². The molecule has 1 aliphatic carbocycles. The Bertz CT molecular complexity index is 669. The molecule has 1 fully saturated rings. The third-order valence-corrected chi connectivity index (χ3v) is 4.47. The number of urea groups is 1. The number of halogens is 3. The lowest BCUT2D eigenvalue weighted by atomic mass is 9.86. The minimum atomic E-state index is -4.51. The maximum Gasteiger partial charge on any atom is 0.416 e. The second kappa shape index (κ2) is 7.84. The first kappa shape index (κ1) is 19.9. The first-order valence-corrected chi connectivity index (χ1v) is 8.27. The lowest BCUT2D eigenvalue weighted by molar-refractivity contribution is -0.143. The molecule has 1 aromatic rings. The summed E-state index contributed by atoms with van der Waals surface area (Å²) in [5, 5.41) is 14.2. The van der Waals surface area contributed by atoms with E-state index in [9.17, 15) is 22.8 Å². The molecule has 1 aromatic carbocycles. The van der Waals surface area contributed by atoms with Crippen molar-refractivity contribution in [3.63, 3.8) is 0 Å². The van der Waals surface area contributed by atoms with Crippen LogP contribution in [0, 0.1) is 5.92 Å². The summed E-state index contributed by atoms with van der Waals surface area (Å²) < 4.78 is 38.8. The number of hydrogen-bond donors (Lipinski definition) is 3. The van der Waals surface area contributed by atoms with Gasteiger partial charge in [-0.15, -0.1) is 0 Å². The van der Waals surface area contributed by atoms with Gasteiger partial charge in [0.25, 0.3) is 0 Å². The van der Waals surface area contributed by atoms with Crippen LogP contribution in [-0.4, -0.2) is 37.2 Å². The van der Waals surface area contributed by atoms with Crippen LogP contribution in [0.4, 0.5) is 29.3 Å². The van der Waals surface area contributed by atoms with Crippen molar-refractivity contribution in [2.45, 2.75) is 37.9 Å². The molecule has 3 N–H and O–H groups in total. The lowest BCUT2D eigenvalue weighted by Gasteiger charge is -2.27. The van der Waals surface area contributed by atoms with Crippen LogP contribution in [0.1, 0.15) is 31.2 Å². The van der Waals surface area contributed by atoms with E-state index in [4.69, 9.17) is 5.11 Å². The summed E-state index contributed by atoms with van der Waals surface area (Å²) in [4.78, 5) is 24.7. The zero-order valence-electron chi connectivity index (χ0n) is 14.6. The fourth-order valence-corrected chi connectivity index (χ4v) is 3.03. The molecule has 0 heterocycles. The predicted octanol–water partition coefficient (Wildman–Crippen LogP) is 3.54. The molecule has 0 atom stereocenters. The van der Waals surface area contributed by atoms with E-state index in [-0.39, 0.29) is 11.7 Å². The molecular weight excluding hydrogens is 351 g/mol. The summed E-state index contributed by atoms with van der Waals surface area (Å²) in [5.74, 6) is -1.24. The maximum absolute atomic E-state index is 12.9. The van der Waals surface area contributed by atoms with Gasteiger partial charge in [0.1, 0.15) is 0 Å². The SMILES string of the molecule is CN(C)c1ccc(C(F)(F)F)cc1NC(=O)NC1CCC(C(=O)O)CC1. The van der Waals surface area contributed by atoms with Crippen LogP contribution in [0.2, 0.25) is 0 Å². The van der Waals surface area contributed by atoms with Crippen molar-refractivity contribution in [2.75, 3.05) is 24.3 Å². The van der Waals surface area contributed by atoms with E-state index in [1.54, 1.807) is 19.0 Å². The van der Waals surface area contributed by atoms with Gasteiger partial charge in [0.15, 0.2) is 0 Å². The number of hydrogen-bond acceptors (Lipinski definition) is 3. The Morgan fingerprint density at radius 2 is 1.77 bits per heavy atom. The molecular formula is C17H22F3N3O3. The molecule has 6 nitrogen and oxygen atoms in total. The number of rotatable bonds is 4. The number of nitrogens with one attached hydrogen (secondary N) is 2. The van der Waals surface area contributed by atoms with Crippen LogP contribution in [0.3, 0.4) is 0 Å². The molecule has 9 heteroatoms. The number of carbonyl (C=O) groups excluding carboxylic acids is 1. The molecule has 0 aliphatic heterocycles. The van der Waals surface area contributed by atoms with Crippen molar-refractivity contribution in [3.8, 4) is 0 Å². The van der Waals surface area contributed by atoms with Crippen LogP contribution in [-0.2, 0) is 11.0 Å². The molecule has 0 spiro atoms. The van der Waals surface area contributed by atoms with Crippen molar-refractivity contribution in [1.82, 2.24) is 5.32 Å². The van der Waals surface area contributed by atoms with Crippen molar-refractivity contribution < 1.29 is 27.9 Å². The second-order valence-corrected chi connectivity index (χ2v) is 6.61. The van der Waals surface area contributed by atoms with E-state index in [1.165, 1.54) is 6.07 Å². The molecule has 0 unspecified atom stereocenters. The summed E-state index contributed by atoms with van der Waals surface area (Å²) in [6.07, 6.45) is -2.53. The summed E-state index contributed by atoms with van der Waals surface area (Å²) in [7, 11) is 3.33. The fourth-order valence-electron chi connectivity index (χ4n) is 3.03. The molecule has 1 aliphatic rings. The standard InChI is InChI=1S/C17H22F3N3O3/c1-23(2)14-8-5-11(17(18,19)20)9-13(14)22-16(26)21-12-6-3-10(4-7-12)15(24)25/h5,8-10,12H,3-4,6-7H2,1-2H3,(H,24,25)(H2,21,22,26). The van der Waals surface area contributed by atoms with Crippen LogP contribution in [0.15, 0.2) is 18.2 Å². The van der Waals surface area contributed by atoms with Gasteiger partial charge in [-0.2, -0.15) is 13.2 Å². The van der Waals surface area contributed by atoms with Crippen molar-refractivity contribution in [2.24, 2.45) is 5.92 Å². The maximum atomic E-state index is 12.9. The molecule has 0 aromatic heterocycles. The highest BCUT2D eigenvalue weighted by molar-refractivity contribution is 5.93. The average molecular weight is 373 g/mol. The second-order valence-electron chi connectivity index (χ2n) is 6.61. The number of carboxylic acids is 1. The van der Waals surface area contributed by atoms with Crippen LogP contribution in [0.5, 0.6) is 0 Å². The minimum absolute atomic E-state index is 0.0570. The zero-order chi connectivity index (χ0) is 19.5. The molecule has 0 bridgehead atoms. The third kappa shape index (κ3) is 5.03. The summed E-state index contributed by atoms with van der Waals surface area (Å²) >= 11 is 0. The Morgan fingerprint density at radius 1 is 1.15 bits per heavy atom. The predicted molar refractivity (Wildman–Crippen MR) is 91.3 cm³/mol. The molecule has 26 heavy (non-hydrogen) atoms. The summed E-state index contributed by atoms with van der Waals surface area (Å²) in [6.45, 7) is 0. The van der Waals surface area contributed by atoms with Gasteiger partial charge in [-0.25, -0.2) is 4.79 Å². The molecule has 1 saturated carbocycles. The summed E-state index contributed by atoms with van der Waals surface area (Å²) in [5.41, 5.74) is -0.343. The first-order chi connectivity index (χ1) is 12.1. The molecule has 2 amide bonds. The monoisotopic (exact) mass is 373 g/mol. The van der Waals surface area contributed by atoms with Crippen LogP contribution < -0.4 is 15.5 Å². The molecule has 2 rings (SSSR count). The highest BCUT2D eigenvalue weighted by Crippen LogP contribution is 2.35. The lowest BCUT2D eigenvalue weighted by Crippen LogP contribution is -2.41. The van der Waals surface area contributed by atoms with Gasteiger partial charge >= 0.3 is 18.2 Å². The van der Waals surface area contributed by atoms with Gasteiger partial charge < -0.3 is 20.6 Å². The molecule has 0 saturated heterocycles. The minimum Gasteiger partial charge on any atom is -0.481 e. The Kier molecular flexibility index (Phi) is 5.99. The number of aliphatic carboxylic acids is 1.